The van der Waals surface area contributed by atoms with Gasteiger partial charge in [0, 0.05) is 24.9 Å². The van der Waals surface area contributed by atoms with Crippen molar-refractivity contribution in [1.82, 2.24) is 5.32 Å². The molecule has 0 fully saturated rings. The van der Waals surface area contributed by atoms with Crippen LogP contribution in [0, 0.1) is 5.41 Å². The predicted molar refractivity (Wildman–Crippen MR) is 75.5 cm³/mol. The van der Waals surface area contributed by atoms with Crippen LogP contribution in [0.3, 0.4) is 0 Å². The van der Waals surface area contributed by atoms with E-state index < -0.39 is 0 Å². The highest BCUT2D eigenvalue weighted by atomic mass is 16.1. The quantitative estimate of drug-likeness (QED) is 0.696. The van der Waals surface area contributed by atoms with Gasteiger partial charge in [0.15, 0.2) is 0 Å². The molecule has 0 spiro atoms. The molecule has 0 aliphatic rings. The molecule has 0 radical (unpaired) electrons. The number of primary amides is 1. The fourth-order valence-corrected chi connectivity index (χ4v) is 1.66. The maximum atomic E-state index is 10.8. The van der Waals surface area contributed by atoms with Gasteiger partial charge in [-0.05, 0) is 17.5 Å². The summed E-state index contributed by atoms with van der Waals surface area (Å²) in [6.07, 6.45) is 2.03. The fourth-order valence-electron chi connectivity index (χ4n) is 1.66. The van der Waals surface area contributed by atoms with Crippen molar-refractivity contribution < 1.29 is 9.59 Å². The first kappa shape index (κ1) is 15.4. The molecule has 1 aromatic rings. The molecular formula is C15H22N2O2. The number of carbonyl (C=O) groups is 2. The van der Waals surface area contributed by atoms with E-state index in [1.165, 1.54) is 0 Å². The van der Waals surface area contributed by atoms with Gasteiger partial charge >= 0.3 is 0 Å². The van der Waals surface area contributed by atoms with Crippen LogP contribution in [-0.2, 0) is 22.6 Å². The fraction of sp³-hybridized carbons (Fsp3) is 0.467. The third-order valence-electron chi connectivity index (χ3n) is 2.91. The van der Waals surface area contributed by atoms with Crippen LogP contribution in [0.4, 0.5) is 0 Å². The molecule has 0 heterocycles. The Labute approximate surface area is 114 Å². The SMILES string of the molecule is CC(C)(C=O)CNCc1ccc(CCC(N)=O)cc1. The maximum absolute atomic E-state index is 10.8. The lowest BCUT2D eigenvalue weighted by atomic mass is 9.96. The maximum Gasteiger partial charge on any atom is 0.217 e. The Hall–Kier alpha value is -1.68. The van der Waals surface area contributed by atoms with Crippen LogP contribution in [0.1, 0.15) is 31.4 Å². The second kappa shape index (κ2) is 7.04. The van der Waals surface area contributed by atoms with Gasteiger partial charge in [-0.15, -0.1) is 0 Å². The summed E-state index contributed by atoms with van der Waals surface area (Å²) in [5.74, 6) is -0.276. The van der Waals surface area contributed by atoms with Gasteiger partial charge < -0.3 is 15.8 Å². The number of nitrogens with one attached hydrogen (secondary N) is 1. The van der Waals surface area contributed by atoms with Crippen LogP contribution >= 0.6 is 0 Å². The van der Waals surface area contributed by atoms with Crippen molar-refractivity contribution in [1.29, 1.82) is 0 Å². The van der Waals surface area contributed by atoms with Gasteiger partial charge in [-0.25, -0.2) is 0 Å². The first-order valence-electron chi connectivity index (χ1n) is 6.46. The van der Waals surface area contributed by atoms with E-state index in [9.17, 15) is 9.59 Å². The van der Waals surface area contributed by atoms with E-state index in [1.54, 1.807) is 0 Å². The summed E-state index contributed by atoms with van der Waals surface area (Å²) in [7, 11) is 0. The van der Waals surface area contributed by atoms with Crippen LogP contribution in [0.5, 0.6) is 0 Å². The van der Waals surface area contributed by atoms with Crippen molar-refractivity contribution in [3.63, 3.8) is 0 Å². The summed E-state index contributed by atoms with van der Waals surface area (Å²) >= 11 is 0. The average molecular weight is 262 g/mol. The Morgan fingerprint density at radius 1 is 1.26 bits per heavy atom. The minimum absolute atomic E-state index is 0.276. The third kappa shape index (κ3) is 6.15. The van der Waals surface area contributed by atoms with Gasteiger partial charge in [-0.3, -0.25) is 4.79 Å². The highest BCUT2D eigenvalue weighted by Gasteiger charge is 2.15. The number of carbonyl (C=O) groups excluding carboxylic acids is 2. The molecule has 0 saturated heterocycles. The average Bonchev–Trinajstić information content (AvgIpc) is 2.37. The minimum atomic E-state index is -0.332. The molecular weight excluding hydrogens is 240 g/mol. The largest absolute Gasteiger partial charge is 0.370 e. The number of hydrogen-bond acceptors (Lipinski definition) is 3. The summed E-state index contributed by atoms with van der Waals surface area (Å²) in [5.41, 5.74) is 7.04. The predicted octanol–water partition coefficient (Wildman–Crippen LogP) is 1.42. The second-order valence-corrected chi connectivity index (χ2v) is 5.49. The number of aryl methyl sites for hydroxylation is 1. The first-order valence-corrected chi connectivity index (χ1v) is 6.46. The summed E-state index contributed by atoms with van der Waals surface area (Å²) in [6.45, 7) is 5.19. The lowest BCUT2D eigenvalue weighted by Crippen LogP contribution is -2.30. The molecule has 1 aromatic carbocycles. The van der Waals surface area contributed by atoms with Crippen LogP contribution in [0.25, 0.3) is 0 Å². The van der Waals surface area contributed by atoms with Crippen molar-refractivity contribution >= 4 is 12.2 Å². The van der Waals surface area contributed by atoms with Gasteiger partial charge in [0.05, 0.1) is 0 Å². The molecule has 19 heavy (non-hydrogen) atoms. The zero-order chi connectivity index (χ0) is 14.3. The monoisotopic (exact) mass is 262 g/mol. The van der Waals surface area contributed by atoms with E-state index in [4.69, 9.17) is 5.73 Å². The van der Waals surface area contributed by atoms with Crippen LogP contribution in [-0.4, -0.2) is 18.7 Å². The normalized spacial score (nSPS) is 11.3. The Balaban J connectivity index is 2.40. The van der Waals surface area contributed by atoms with Gasteiger partial charge in [0.2, 0.25) is 5.91 Å². The Morgan fingerprint density at radius 2 is 1.84 bits per heavy atom. The Morgan fingerprint density at radius 3 is 2.37 bits per heavy atom. The molecule has 0 atom stereocenters. The number of nitrogens with two attached hydrogens (primary N) is 1. The van der Waals surface area contributed by atoms with Crippen molar-refractivity contribution in [2.75, 3.05) is 6.54 Å². The van der Waals surface area contributed by atoms with Crippen molar-refractivity contribution in [2.24, 2.45) is 11.1 Å². The van der Waals surface area contributed by atoms with Crippen LogP contribution in [0.2, 0.25) is 0 Å². The summed E-state index contributed by atoms with van der Waals surface area (Å²) in [5, 5.41) is 3.26. The van der Waals surface area contributed by atoms with E-state index >= 15 is 0 Å². The lowest BCUT2D eigenvalue weighted by Gasteiger charge is -2.17. The number of aldehydes is 1. The van der Waals surface area contributed by atoms with E-state index in [1.807, 2.05) is 38.1 Å². The molecule has 4 heteroatoms. The highest BCUT2D eigenvalue weighted by molar-refractivity contribution is 5.73. The molecule has 0 aliphatic heterocycles. The summed E-state index contributed by atoms with van der Waals surface area (Å²) in [6, 6.07) is 8.06. The van der Waals surface area contributed by atoms with Gasteiger partial charge in [0.25, 0.3) is 0 Å². The van der Waals surface area contributed by atoms with Gasteiger partial charge in [-0.1, -0.05) is 38.1 Å². The molecule has 0 unspecified atom stereocenters. The molecule has 0 aliphatic carbocycles. The molecule has 104 valence electrons. The molecule has 0 aromatic heterocycles. The summed E-state index contributed by atoms with van der Waals surface area (Å²) < 4.78 is 0. The molecule has 0 bridgehead atoms. The van der Waals surface area contributed by atoms with E-state index in [0.29, 0.717) is 19.4 Å². The number of rotatable bonds is 8. The molecule has 1 amide bonds. The molecule has 1 rings (SSSR count). The number of amides is 1. The molecule has 3 N–H and O–H groups in total. The highest BCUT2D eigenvalue weighted by Crippen LogP contribution is 2.10. The van der Waals surface area contributed by atoms with Gasteiger partial charge in [0.1, 0.15) is 6.29 Å². The van der Waals surface area contributed by atoms with Gasteiger partial charge in [-0.2, -0.15) is 0 Å². The second-order valence-electron chi connectivity index (χ2n) is 5.49. The minimum Gasteiger partial charge on any atom is -0.370 e. The topological polar surface area (TPSA) is 72.2 Å². The lowest BCUT2D eigenvalue weighted by molar-refractivity contribution is -0.118. The van der Waals surface area contributed by atoms with Crippen molar-refractivity contribution in [3.8, 4) is 0 Å². The van der Waals surface area contributed by atoms with E-state index in [-0.39, 0.29) is 11.3 Å². The van der Waals surface area contributed by atoms with Crippen LogP contribution < -0.4 is 11.1 Å². The molecule has 0 saturated carbocycles. The Kier molecular flexibility index (Phi) is 5.70. The zero-order valence-corrected chi connectivity index (χ0v) is 11.6. The smallest absolute Gasteiger partial charge is 0.217 e. The zero-order valence-electron chi connectivity index (χ0n) is 11.6. The first-order chi connectivity index (χ1) is 8.93. The van der Waals surface area contributed by atoms with E-state index in [0.717, 1.165) is 24.0 Å². The summed E-state index contributed by atoms with van der Waals surface area (Å²) in [4.78, 5) is 21.4. The van der Waals surface area contributed by atoms with Crippen molar-refractivity contribution in [3.05, 3.63) is 35.4 Å². The number of hydrogen-bond donors (Lipinski definition) is 2. The number of benzene rings is 1. The van der Waals surface area contributed by atoms with Crippen molar-refractivity contribution in [2.45, 2.75) is 33.2 Å². The standard InChI is InChI=1S/C15H22N2O2/c1-15(2,11-18)10-17-9-13-5-3-12(4-6-13)7-8-14(16)19/h3-6,11,17H,7-10H2,1-2H3,(H2,16,19). The molecule has 4 nitrogen and oxygen atoms in total. The van der Waals surface area contributed by atoms with E-state index in [2.05, 4.69) is 5.32 Å². The van der Waals surface area contributed by atoms with Crippen LogP contribution in [0.15, 0.2) is 24.3 Å². The third-order valence-corrected chi connectivity index (χ3v) is 2.91. The Bertz CT molecular complexity index is 424.